The molecule has 0 radical (unpaired) electrons. The average molecular weight is 427 g/mol. The predicted molar refractivity (Wildman–Crippen MR) is 113 cm³/mol. The van der Waals surface area contributed by atoms with Crippen molar-refractivity contribution in [3.8, 4) is 11.4 Å². The highest BCUT2D eigenvalue weighted by Crippen LogP contribution is 2.32. The van der Waals surface area contributed by atoms with Gasteiger partial charge in [-0.25, -0.2) is 8.42 Å². The summed E-state index contributed by atoms with van der Waals surface area (Å²) in [6.45, 7) is 0.869. The second-order valence-corrected chi connectivity index (χ2v) is 9.33. The van der Waals surface area contributed by atoms with E-state index in [1.165, 1.54) is 12.1 Å². The summed E-state index contributed by atoms with van der Waals surface area (Å²) >= 11 is 0. The molecule has 0 atom stereocenters. The normalized spacial score (nSPS) is 14.0. The number of aryl methyl sites for hydroxylation is 1. The van der Waals surface area contributed by atoms with Gasteiger partial charge in [0.2, 0.25) is 0 Å². The van der Waals surface area contributed by atoms with E-state index in [1.807, 2.05) is 18.2 Å². The summed E-state index contributed by atoms with van der Waals surface area (Å²) in [6, 6.07) is 11.2. The summed E-state index contributed by atoms with van der Waals surface area (Å²) in [6.07, 6.45) is 5.27. The molecule has 9 nitrogen and oxygen atoms in total. The number of benzene rings is 2. The minimum atomic E-state index is -3.55. The molecule has 0 unspecified atom stereocenters. The van der Waals surface area contributed by atoms with Crippen LogP contribution in [0.1, 0.15) is 25.1 Å². The van der Waals surface area contributed by atoms with E-state index in [9.17, 15) is 18.5 Å². The largest absolute Gasteiger partial charge is 0.350 e. The molecular formula is C20H21N5O4S. The van der Waals surface area contributed by atoms with Crippen LogP contribution in [-0.2, 0) is 22.8 Å². The fraction of sp³-hybridized carbons (Fsp3) is 0.300. The van der Waals surface area contributed by atoms with Crippen LogP contribution in [0.15, 0.2) is 47.4 Å². The summed E-state index contributed by atoms with van der Waals surface area (Å²) in [5.74, 6) is 1.75. The number of anilines is 2. The van der Waals surface area contributed by atoms with Crippen molar-refractivity contribution < 1.29 is 13.3 Å². The summed E-state index contributed by atoms with van der Waals surface area (Å²) in [5.41, 5.74) is 1.40. The first-order valence-electron chi connectivity index (χ1n) is 9.61. The van der Waals surface area contributed by atoms with Gasteiger partial charge in [0.15, 0.2) is 15.7 Å². The van der Waals surface area contributed by atoms with Crippen molar-refractivity contribution in [1.29, 1.82) is 0 Å². The van der Waals surface area contributed by atoms with E-state index < -0.39 is 14.8 Å². The Morgan fingerprint density at radius 2 is 1.93 bits per heavy atom. The summed E-state index contributed by atoms with van der Waals surface area (Å²) in [7, 11) is -3.55. The number of fused-ring (bicyclic) bond motifs is 1. The van der Waals surface area contributed by atoms with Gasteiger partial charge in [-0.2, -0.15) is 0 Å². The lowest BCUT2D eigenvalue weighted by Crippen LogP contribution is -2.03. The molecule has 0 saturated heterocycles. The first-order valence-corrected chi connectivity index (χ1v) is 11.5. The number of hydrogen-bond acceptors (Lipinski definition) is 7. The molecule has 2 heterocycles. The monoisotopic (exact) mass is 427 g/mol. The zero-order chi connectivity index (χ0) is 21.3. The molecule has 1 N–H and O–H groups in total. The van der Waals surface area contributed by atoms with Crippen molar-refractivity contribution in [2.45, 2.75) is 37.1 Å². The molecule has 0 aliphatic carbocycles. The molecule has 2 aromatic carbocycles. The van der Waals surface area contributed by atoms with E-state index >= 15 is 0 Å². The van der Waals surface area contributed by atoms with E-state index in [4.69, 9.17) is 0 Å². The van der Waals surface area contributed by atoms with Gasteiger partial charge in [-0.3, -0.25) is 10.1 Å². The van der Waals surface area contributed by atoms with Gasteiger partial charge in [0.25, 0.3) is 5.69 Å². The van der Waals surface area contributed by atoms with Crippen LogP contribution in [0, 0.1) is 10.1 Å². The third kappa shape index (κ3) is 4.04. The van der Waals surface area contributed by atoms with Crippen LogP contribution in [0.4, 0.5) is 17.1 Å². The van der Waals surface area contributed by atoms with Crippen LogP contribution in [0.2, 0.25) is 0 Å². The maximum atomic E-state index is 11.7. The van der Waals surface area contributed by atoms with Crippen molar-refractivity contribution in [2.75, 3.05) is 11.6 Å². The standard InChI is InChI=1S/C20H21N5O4S/c1-30(28,29)16-9-10-17(18(13-16)25(26)27)21-15-7-5-6-14(12-15)20-23-22-19-8-3-2-4-11-24(19)20/h5-7,9-10,12-13,21H,2-4,8,11H2,1H3. The Hall–Kier alpha value is -3.27. The van der Waals surface area contributed by atoms with E-state index in [1.54, 1.807) is 6.07 Å². The van der Waals surface area contributed by atoms with E-state index in [2.05, 4.69) is 20.1 Å². The number of sulfone groups is 1. The lowest BCUT2D eigenvalue weighted by molar-refractivity contribution is -0.384. The molecule has 3 aromatic rings. The summed E-state index contributed by atoms with van der Waals surface area (Å²) < 4.78 is 25.6. The van der Waals surface area contributed by atoms with Crippen molar-refractivity contribution in [3.05, 3.63) is 58.4 Å². The third-order valence-corrected chi connectivity index (χ3v) is 6.21. The molecule has 0 saturated carbocycles. The molecular weight excluding hydrogens is 406 g/mol. The summed E-state index contributed by atoms with van der Waals surface area (Å²) in [5, 5.41) is 23.2. The zero-order valence-corrected chi connectivity index (χ0v) is 17.2. The van der Waals surface area contributed by atoms with Crippen molar-refractivity contribution >= 4 is 26.9 Å². The molecule has 1 aliphatic rings. The fourth-order valence-corrected chi connectivity index (χ4v) is 4.23. The lowest BCUT2D eigenvalue weighted by atomic mass is 10.1. The number of nitro groups is 1. The van der Waals surface area contributed by atoms with E-state index in [0.717, 1.165) is 61.8 Å². The third-order valence-electron chi connectivity index (χ3n) is 5.10. The van der Waals surface area contributed by atoms with E-state index in [-0.39, 0.29) is 16.3 Å². The zero-order valence-electron chi connectivity index (χ0n) is 16.4. The quantitative estimate of drug-likeness (QED) is 0.486. The van der Waals surface area contributed by atoms with Gasteiger partial charge in [0.1, 0.15) is 11.5 Å². The van der Waals surface area contributed by atoms with Crippen LogP contribution in [0.5, 0.6) is 0 Å². The number of aromatic nitrogens is 3. The number of rotatable bonds is 5. The lowest BCUT2D eigenvalue weighted by Gasteiger charge is -2.11. The van der Waals surface area contributed by atoms with Crippen molar-refractivity contribution in [1.82, 2.24) is 14.8 Å². The highest BCUT2D eigenvalue weighted by Gasteiger charge is 2.20. The molecule has 0 spiro atoms. The SMILES string of the molecule is CS(=O)(=O)c1ccc(Nc2cccc(-c3nnc4n3CCCCC4)c2)c([N+](=O)[O-])c1. The molecule has 0 bridgehead atoms. The first-order chi connectivity index (χ1) is 14.3. The molecule has 1 aliphatic heterocycles. The van der Waals surface area contributed by atoms with Gasteiger partial charge < -0.3 is 9.88 Å². The summed E-state index contributed by atoms with van der Waals surface area (Å²) in [4.78, 5) is 10.8. The minimum absolute atomic E-state index is 0.0975. The topological polar surface area (TPSA) is 120 Å². The van der Waals surface area contributed by atoms with Gasteiger partial charge in [-0.1, -0.05) is 18.6 Å². The second-order valence-electron chi connectivity index (χ2n) is 7.32. The number of nitrogens with zero attached hydrogens (tertiary/aromatic N) is 4. The average Bonchev–Trinajstić information content (AvgIpc) is 2.96. The molecule has 30 heavy (non-hydrogen) atoms. The van der Waals surface area contributed by atoms with Crippen LogP contribution < -0.4 is 5.32 Å². The Bertz CT molecular complexity index is 1220. The van der Waals surface area contributed by atoms with Gasteiger partial charge >= 0.3 is 0 Å². The van der Waals surface area contributed by atoms with Crippen molar-refractivity contribution in [2.24, 2.45) is 0 Å². The number of hydrogen-bond donors (Lipinski definition) is 1. The Labute approximate surface area is 173 Å². The molecule has 4 rings (SSSR count). The maximum Gasteiger partial charge on any atom is 0.293 e. The number of nitro benzene ring substituents is 1. The number of nitrogens with one attached hydrogen (secondary N) is 1. The Balaban J connectivity index is 1.68. The molecule has 156 valence electrons. The van der Waals surface area contributed by atoms with Gasteiger partial charge in [-0.15, -0.1) is 10.2 Å². The van der Waals surface area contributed by atoms with Crippen LogP contribution >= 0.6 is 0 Å². The highest BCUT2D eigenvalue weighted by atomic mass is 32.2. The maximum absolute atomic E-state index is 11.7. The smallest absolute Gasteiger partial charge is 0.293 e. The first kappa shape index (κ1) is 20.0. The molecule has 1 aromatic heterocycles. The molecule has 0 fully saturated rings. The van der Waals surface area contributed by atoms with Gasteiger partial charge in [0, 0.05) is 36.5 Å². The molecule has 10 heteroatoms. The van der Waals surface area contributed by atoms with E-state index in [0.29, 0.717) is 5.69 Å². The Morgan fingerprint density at radius 3 is 2.70 bits per heavy atom. The minimum Gasteiger partial charge on any atom is -0.350 e. The van der Waals surface area contributed by atoms with Crippen molar-refractivity contribution in [3.63, 3.8) is 0 Å². The Morgan fingerprint density at radius 1 is 1.10 bits per heavy atom. The van der Waals surface area contributed by atoms with Gasteiger partial charge in [-0.05, 0) is 37.1 Å². The van der Waals surface area contributed by atoms with Crippen LogP contribution in [0.25, 0.3) is 11.4 Å². The Kier molecular flexibility index (Phi) is 5.25. The molecule has 0 amide bonds. The highest BCUT2D eigenvalue weighted by molar-refractivity contribution is 7.90. The van der Waals surface area contributed by atoms with Gasteiger partial charge in [0.05, 0.1) is 9.82 Å². The van der Waals surface area contributed by atoms with Crippen LogP contribution in [0.3, 0.4) is 0 Å². The fourth-order valence-electron chi connectivity index (χ4n) is 3.59. The second kappa shape index (κ2) is 7.86. The predicted octanol–water partition coefficient (Wildman–Crippen LogP) is 3.73. The van der Waals surface area contributed by atoms with Crippen LogP contribution in [-0.4, -0.2) is 34.4 Å².